The Balaban J connectivity index is 1.72. The smallest absolute Gasteiger partial charge is 0.220 e. The van der Waals surface area contributed by atoms with Crippen molar-refractivity contribution in [3.63, 3.8) is 0 Å². The van der Waals surface area contributed by atoms with E-state index in [1.807, 2.05) is 12.1 Å². The number of primary amides is 1. The summed E-state index contributed by atoms with van der Waals surface area (Å²) >= 11 is 0. The van der Waals surface area contributed by atoms with E-state index >= 15 is 0 Å². The van der Waals surface area contributed by atoms with E-state index in [-0.39, 0.29) is 11.8 Å². The van der Waals surface area contributed by atoms with Crippen molar-refractivity contribution < 1.29 is 4.79 Å². The van der Waals surface area contributed by atoms with Crippen LogP contribution >= 0.6 is 0 Å². The molecule has 1 aliphatic rings. The topological polar surface area (TPSA) is 110 Å². The Hall–Kier alpha value is -3.09. The Labute approximate surface area is 178 Å². The van der Waals surface area contributed by atoms with Gasteiger partial charge in [-0.05, 0) is 42.9 Å². The van der Waals surface area contributed by atoms with Crippen LogP contribution in [0.5, 0.6) is 0 Å². The van der Waals surface area contributed by atoms with Crippen LogP contribution in [0.4, 0.5) is 11.5 Å². The summed E-state index contributed by atoms with van der Waals surface area (Å²) in [5.74, 6) is 1.05. The Morgan fingerprint density at radius 3 is 2.33 bits per heavy atom. The van der Waals surface area contributed by atoms with Crippen LogP contribution in [0.2, 0.25) is 0 Å². The summed E-state index contributed by atoms with van der Waals surface area (Å²) < 4.78 is 0. The minimum atomic E-state index is -0.210. The first-order chi connectivity index (χ1) is 14.5. The molecule has 3 rings (SSSR count). The highest BCUT2D eigenvalue weighted by molar-refractivity contribution is 5.94. The number of hydrogen-bond donors (Lipinski definition) is 3. The highest BCUT2D eigenvalue weighted by Crippen LogP contribution is 2.25. The Kier molecular flexibility index (Phi) is 7.27. The number of pyridine rings is 1. The third-order valence-electron chi connectivity index (χ3n) is 5.74. The summed E-state index contributed by atoms with van der Waals surface area (Å²) in [6.45, 7) is 6.23. The first-order valence-corrected chi connectivity index (χ1v) is 10.7. The van der Waals surface area contributed by atoms with Crippen molar-refractivity contribution in [1.29, 1.82) is 0 Å². The van der Waals surface area contributed by atoms with Crippen LogP contribution in [0.3, 0.4) is 0 Å². The molecule has 0 aliphatic carbocycles. The molecule has 2 heterocycles. The number of carbonyl (C=O) groups is 1. The zero-order chi connectivity index (χ0) is 21.5. The zero-order valence-electron chi connectivity index (χ0n) is 17.9. The highest BCUT2D eigenvalue weighted by Gasteiger charge is 2.24. The fourth-order valence-electron chi connectivity index (χ4n) is 3.96. The summed E-state index contributed by atoms with van der Waals surface area (Å²) in [7, 11) is 0. The lowest BCUT2D eigenvalue weighted by atomic mass is 9.96. The molecule has 1 saturated heterocycles. The van der Waals surface area contributed by atoms with E-state index in [0.717, 1.165) is 55.8 Å². The maximum absolute atomic E-state index is 11.4. The van der Waals surface area contributed by atoms with Crippen molar-refractivity contribution in [3.05, 3.63) is 53.2 Å². The van der Waals surface area contributed by atoms with Gasteiger partial charge in [0.25, 0.3) is 0 Å². The maximum atomic E-state index is 11.4. The van der Waals surface area contributed by atoms with Crippen molar-refractivity contribution in [2.45, 2.75) is 46.1 Å². The number of anilines is 2. The van der Waals surface area contributed by atoms with E-state index in [1.54, 1.807) is 6.20 Å². The molecule has 0 atom stereocenters. The Bertz CT molecular complexity index is 880. The summed E-state index contributed by atoms with van der Waals surface area (Å²) in [4.78, 5) is 22.8. The summed E-state index contributed by atoms with van der Waals surface area (Å²) in [5.41, 5.74) is 16.2. The van der Waals surface area contributed by atoms with Gasteiger partial charge in [0.15, 0.2) is 5.96 Å². The van der Waals surface area contributed by atoms with Gasteiger partial charge in [-0.2, -0.15) is 0 Å². The SMILES string of the molecule is CCc1cccc(CC)c1NC(N)=NCc1cccnc1N1CCC(C(N)=O)CC1. The zero-order valence-corrected chi connectivity index (χ0v) is 17.9. The van der Waals surface area contributed by atoms with Gasteiger partial charge in [0, 0.05) is 36.5 Å². The van der Waals surface area contributed by atoms with E-state index < -0.39 is 0 Å². The predicted molar refractivity (Wildman–Crippen MR) is 123 cm³/mol. The Morgan fingerprint density at radius 1 is 1.10 bits per heavy atom. The second kappa shape index (κ2) is 10.1. The number of rotatable bonds is 7. The van der Waals surface area contributed by atoms with Gasteiger partial charge < -0.3 is 21.7 Å². The molecule has 2 aromatic rings. The van der Waals surface area contributed by atoms with E-state index in [4.69, 9.17) is 11.5 Å². The van der Waals surface area contributed by atoms with Crippen LogP contribution in [-0.2, 0) is 24.2 Å². The molecule has 0 saturated carbocycles. The molecule has 0 bridgehead atoms. The number of hydrogen-bond acceptors (Lipinski definition) is 4. The van der Waals surface area contributed by atoms with Gasteiger partial charge in [0.1, 0.15) is 5.82 Å². The number of benzene rings is 1. The fourth-order valence-corrected chi connectivity index (χ4v) is 3.96. The van der Waals surface area contributed by atoms with E-state index in [0.29, 0.717) is 12.5 Å². The molecule has 0 unspecified atom stereocenters. The molecule has 7 heteroatoms. The molecule has 1 aliphatic heterocycles. The highest BCUT2D eigenvalue weighted by atomic mass is 16.1. The first kappa shape index (κ1) is 21.6. The Morgan fingerprint density at radius 2 is 1.73 bits per heavy atom. The lowest BCUT2D eigenvalue weighted by molar-refractivity contribution is -0.122. The van der Waals surface area contributed by atoms with Gasteiger partial charge in [0.2, 0.25) is 5.91 Å². The molecule has 30 heavy (non-hydrogen) atoms. The van der Waals surface area contributed by atoms with Gasteiger partial charge in [-0.25, -0.2) is 9.98 Å². The van der Waals surface area contributed by atoms with Crippen LogP contribution in [0.15, 0.2) is 41.5 Å². The van der Waals surface area contributed by atoms with Crippen molar-refractivity contribution in [3.8, 4) is 0 Å². The minimum absolute atomic E-state index is 0.0438. The van der Waals surface area contributed by atoms with Gasteiger partial charge in [-0.1, -0.05) is 38.1 Å². The predicted octanol–water partition coefficient (Wildman–Crippen LogP) is 2.83. The van der Waals surface area contributed by atoms with Crippen LogP contribution in [-0.4, -0.2) is 29.9 Å². The van der Waals surface area contributed by atoms with E-state index in [9.17, 15) is 4.79 Å². The molecule has 0 spiro atoms. The number of para-hydroxylation sites is 1. The van der Waals surface area contributed by atoms with Gasteiger partial charge in [0.05, 0.1) is 6.54 Å². The third-order valence-corrected chi connectivity index (χ3v) is 5.74. The average Bonchev–Trinajstić information content (AvgIpc) is 2.78. The molecule has 1 aromatic carbocycles. The summed E-state index contributed by atoms with van der Waals surface area (Å²) in [5, 5.41) is 3.31. The molecular weight excluding hydrogens is 376 g/mol. The molecule has 1 amide bonds. The maximum Gasteiger partial charge on any atom is 0.220 e. The van der Waals surface area contributed by atoms with Gasteiger partial charge >= 0.3 is 0 Å². The second-order valence-electron chi connectivity index (χ2n) is 7.63. The number of amides is 1. The number of piperidine rings is 1. The number of nitrogens with one attached hydrogen (secondary N) is 1. The third kappa shape index (κ3) is 5.09. The van der Waals surface area contributed by atoms with E-state index in [1.165, 1.54) is 11.1 Å². The number of carbonyl (C=O) groups excluding carboxylic acids is 1. The van der Waals surface area contributed by atoms with Crippen LogP contribution < -0.4 is 21.7 Å². The molecule has 0 radical (unpaired) electrons. The number of aryl methyl sites for hydroxylation is 2. The van der Waals surface area contributed by atoms with Crippen LogP contribution in [0.25, 0.3) is 0 Å². The number of nitrogens with two attached hydrogens (primary N) is 2. The second-order valence-corrected chi connectivity index (χ2v) is 7.63. The molecule has 5 N–H and O–H groups in total. The van der Waals surface area contributed by atoms with Crippen molar-refractivity contribution in [2.75, 3.05) is 23.3 Å². The molecule has 160 valence electrons. The molecule has 1 aromatic heterocycles. The largest absolute Gasteiger partial charge is 0.370 e. The quantitative estimate of drug-likeness (QED) is 0.482. The fraction of sp³-hybridized carbons (Fsp3) is 0.435. The van der Waals surface area contributed by atoms with Gasteiger partial charge in [-0.3, -0.25) is 4.79 Å². The van der Waals surface area contributed by atoms with Crippen LogP contribution in [0, 0.1) is 5.92 Å². The summed E-state index contributed by atoms with van der Waals surface area (Å²) in [6, 6.07) is 10.2. The molecule has 7 nitrogen and oxygen atoms in total. The lowest BCUT2D eigenvalue weighted by Crippen LogP contribution is -2.39. The standard InChI is InChI=1S/C23H32N6O/c1-3-16-7-5-8-17(4-2)20(16)28-23(25)27-15-19-9-6-12-26-22(19)29-13-10-18(11-14-29)21(24)30/h5-9,12,18H,3-4,10-11,13-15H2,1-2H3,(H2,24,30)(H3,25,27,28). The first-order valence-electron chi connectivity index (χ1n) is 10.7. The number of nitrogens with zero attached hydrogens (tertiary/aromatic N) is 3. The van der Waals surface area contributed by atoms with E-state index in [2.05, 4.69) is 52.2 Å². The lowest BCUT2D eigenvalue weighted by Gasteiger charge is -2.32. The monoisotopic (exact) mass is 408 g/mol. The van der Waals surface area contributed by atoms with Crippen LogP contribution in [0.1, 0.15) is 43.4 Å². The average molecular weight is 409 g/mol. The van der Waals surface area contributed by atoms with Crippen molar-refractivity contribution >= 4 is 23.4 Å². The number of aromatic nitrogens is 1. The number of guanidine groups is 1. The number of aliphatic imine (C=N–C) groups is 1. The normalized spacial score (nSPS) is 15.3. The van der Waals surface area contributed by atoms with Crippen molar-refractivity contribution in [2.24, 2.45) is 22.4 Å². The van der Waals surface area contributed by atoms with Gasteiger partial charge in [-0.15, -0.1) is 0 Å². The molecule has 1 fully saturated rings. The minimum Gasteiger partial charge on any atom is -0.370 e. The summed E-state index contributed by atoms with van der Waals surface area (Å²) in [6.07, 6.45) is 5.15. The molecular formula is C23H32N6O. The van der Waals surface area contributed by atoms with Crippen molar-refractivity contribution in [1.82, 2.24) is 4.98 Å².